The van der Waals surface area contributed by atoms with E-state index < -0.39 is 11.9 Å². The van der Waals surface area contributed by atoms with Gasteiger partial charge >= 0.3 is 0 Å². The predicted molar refractivity (Wildman–Crippen MR) is 111 cm³/mol. The Bertz CT molecular complexity index is 1060. The van der Waals surface area contributed by atoms with Crippen LogP contribution in [0, 0.1) is 5.82 Å². The second-order valence-electron chi connectivity index (χ2n) is 7.48. The number of nitrogens with zero attached hydrogens (tertiary/aromatic N) is 2. The fraction of sp³-hybridized carbons (Fsp3) is 0.261. The number of primary amides is 1. The molecule has 3 aromatic rings. The highest BCUT2D eigenvalue weighted by Gasteiger charge is 2.27. The Labute approximate surface area is 173 Å². The maximum atomic E-state index is 13.4. The molecule has 0 radical (unpaired) electrons. The van der Waals surface area contributed by atoms with Crippen LogP contribution in [-0.2, 0) is 17.6 Å². The molecular formula is C23H23FN4O2. The molecule has 1 atom stereocenters. The van der Waals surface area contributed by atoms with Crippen molar-refractivity contribution in [1.29, 1.82) is 0 Å². The lowest BCUT2D eigenvalue weighted by Crippen LogP contribution is -2.32. The number of halogens is 1. The van der Waals surface area contributed by atoms with Crippen molar-refractivity contribution in [1.82, 2.24) is 15.1 Å². The van der Waals surface area contributed by atoms with Crippen molar-refractivity contribution in [3.8, 4) is 5.69 Å². The van der Waals surface area contributed by atoms with E-state index in [1.807, 2.05) is 30.3 Å². The van der Waals surface area contributed by atoms with E-state index in [9.17, 15) is 14.0 Å². The molecule has 1 aliphatic rings. The average molecular weight is 406 g/mol. The van der Waals surface area contributed by atoms with Gasteiger partial charge in [0, 0.05) is 11.3 Å². The molecule has 0 fully saturated rings. The molecule has 0 spiro atoms. The van der Waals surface area contributed by atoms with Crippen molar-refractivity contribution < 1.29 is 14.0 Å². The minimum Gasteiger partial charge on any atom is -0.370 e. The molecule has 4 rings (SSSR count). The minimum absolute atomic E-state index is 0.00336. The SMILES string of the molecule is NC(=O)CC(NC(=O)c1nn(-c2ccc(F)cc2)c2c1CCCC2)c1ccccc1. The number of rotatable bonds is 6. The summed E-state index contributed by atoms with van der Waals surface area (Å²) in [7, 11) is 0. The fourth-order valence-corrected chi connectivity index (χ4v) is 3.94. The highest BCUT2D eigenvalue weighted by molar-refractivity contribution is 5.94. The third-order valence-corrected chi connectivity index (χ3v) is 5.38. The van der Waals surface area contributed by atoms with E-state index >= 15 is 0 Å². The molecule has 2 aromatic carbocycles. The molecule has 1 aliphatic carbocycles. The van der Waals surface area contributed by atoms with Gasteiger partial charge in [0.2, 0.25) is 5.91 Å². The molecule has 1 unspecified atom stereocenters. The van der Waals surface area contributed by atoms with Crippen LogP contribution in [0.4, 0.5) is 4.39 Å². The molecular weight excluding hydrogens is 383 g/mol. The van der Waals surface area contributed by atoms with Crippen molar-refractivity contribution in [3.05, 3.63) is 82.9 Å². The molecule has 1 heterocycles. The zero-order valence-electron chi connectivity index (χ0n) is 16.5. The van der Waals surface area contributed by atoms with Crippen LogP contribution in [0.3, 0.4) is 0 Å². The minimum atomic E-state index is -0.536. The first-order valence-corrected chi connectivity index (χ1v) is 10.0. The highest BCUT2D eigenvalue weighted by atomic mass is 19.1. The van der Waals surface area contributed by atoms with Crippen LogP contribution in [0.15, 0.2) is 54.6 Å². The molecule has 154 valence electrons. The summed E-state index contributed by atoms with van der Waals surface area (Å²) < 4.78 is 15.1. The van der Waals surface area contributed by atoms with Gasteiger partial charge in [-0.3, -0.25) is 9.59 Å². The van der Waals surface area contributed by atoms with Gasteiger partial charge in [-0.2, -0.15) is 5.10 Å². The van der Waals surface area contributed by atoms with E-state index in [1.165, 1.54) is 12.1 Å². The monoisotopic (exact) mass is 406 g/mol. The van der Waals surface area contributed by atoms with Crippen molar-refractivity contribution in [2.24, 2.45) is 5.73 Å². The van der Waals surface area contributed by atoms with Crippen molar-refractivity contribution in [2.75, 3.05) is 0 Å². The van der Waals surface area contributed by atoms with Crippen LogP contribution < -0.4 is 11.1 Å². The topological polar surface area (TPSA) is 90.0 Å². The van der Waals surface area contributed by atoms with Crippen LogP contribution >= 0.6 is 0 Å². The Morgan fingerprint density at radius 3 is 2.47 bits per heavy atom. The van der Waals surface area contributed by atoms with E-state index in [2.05, 4.69) is 10.4 Å². The summed E-state index contributed by atoms with van der Waals surface area (Å²) >= 11 is 0. The lowest BCUT2D eigenvalue weighted by atomic mass is 9.95. The molecule has 30 heavy (non-hydrogen) atoms. The summed E-state index contributed by atoms with van der Waals surface area (Å²) in [4.78, 5) is 24.8. The van der Waals surface area contributed by atoms with E-state index in [4.69, 9.17) is 5.73 Å². The van der Waals surface area contributed by atoms with E-state index in [0.29, 0.717) is 11.4 Å². The lowest BCUT2D eigenvalue weighted by Gasteiger charge is -2.18. The Hall–Kier alpha value is -3.48. The number of nitrogens with two attached hydrogens (primary N) is 1. The van der Waals surface area contributed by atoms with Gasteiger partial charge in [-0.15, -0.1) is 0 Å². The summed E-state index contributed by atoms with van der Waals surface area (Å²) in [5.74, 6) is -1.16. The maximum Gasteiger partial charge on any atom is 0.272 e. The molecule has 0 saturated carbocycles. The zero-order chi connectivity index (χ0) is 21.1. The van der Waals surface area contributed by atoms with E-state index in [-0.39, 0.29) is 18.1 Å². The molecule has 7 heteroatoms. The van der Waals surface area contributed by atoms with Crippen LogP contribution in [0.25, 0.3) is 5.69 Å². The summed E-state index contributed by atoms with van der Waals surface area (Å²) in [6.07, 6.45) is 3.54. The van der Waals surface area contributed by atoms with Gasteiger partial charge in [0.25, 0.3) is 5.91 Å². The molecule has 0 aliphatic heterocycles. The smallest absolute Gasteiger partial charge is 0.272 e. The van der Waals surface area contributed by atoms with Gasteiger partial charge < -0.3 is 11.1 Å². The molecule has 3 N–H and O–H groups in total. The Morgan fingerprint density at radius 1 is 1.07 bits per heavy atom. The fourth-order valence-electron chi connectivity index (χ4n) is 3.94. The number of carbonyl (C=O) groups is 2. The second-order valence-corrected chi connectivity index (χ2v) is 7.48. The van der Waals surface area contributed by atoms with Crippen molar-refractivity contribution in [3.63, 3.8) is 0 Å². The number of aromatic nitrogens is 2. The number of fused-ring (bicyclic) bond motifs is 1. The Kier molecular flexibility index (Phi) is 5.61. The molecule has 0 saturated heterocycles. The van der Waals surface area contributed by atoms with Crippen LogP contribution in [-0.4, -0.2) is 21.6 Å². The maximum absolute atomic E-state index is 13.4. The van der Waals surface area contributed by atoms with Gasteiger partial charge in [-0.05, 0) is 55.5 Å². The van der Waals surface area contributed by atoms with Gasteiger partial charge in [-0.1, -0.05) is 30.3 Å². The number of hydrogen-bond donors (Lipinski definition) is 2. The van der Waals surface area contributed by atoms with Crippen molar-refractivity contribution >= 4 is 11.8 Å². The standard InChI is InChI=1S/C23H23FN4O2/c24-16-10-12-17(13-11-16)28-20-9-5-4-8-18(20)22(27-28)23(30)26-19(14-21(25)29)15-6-2-1-3-7-15/h1-3,6-7,10-13,19H,4-5,8-9,14H2,(H2,25,29)(H,26,30). The molecule has 0 bridgehead atoms. The van der Waals surface area contributed by atoms with Crippen molar-refractivity contribution in [2.45, 2.75) is 38.1 Å². The number of carbonyl (C=O) groups excluding carboxylic acids is 2. The first-order valence-electron chi connectivity index (χ1n) is 10.0. The number of amides is 2. The summed E-state index contributed by atoms with van der Waals surface area (Å²) in [5.41, 5.74) is 9.16. The van der Waals surface area contributed by atoms with Gasteiger partial charge in [0.1, 0.15) is 5.82 Å². The van der Waals surface area contributed by atoms with Gasteiger partial charge in [0.15, 0.2) is 5.69 Å². The van der Waals surface area contributed by atoms with Crippen LogP contribution in [0.1, 0.15) is 52.6 Å². The van der Waals surface area contributed by atoms with Crippen LogP contribution in [0.5, 0.6) is 0 Å². The summed E-state index contributed by atoms with van der Waals surface area (Å²) in [5, 5.41) is 7.51. The zero-order valence-corrected chi connectivity index (χ0v) is 16.5. The second kappa shape index (κ2) is 8.49. The summed E-state index contributed by atoms with van der Waals surface area (Å²) in [6, 6.07) is 14.8. The third-order valence-electron chi connectivity index (χ3n) is 5.38. The number of hydrogen-bond acceptors (Lipinski definition) is 3. The third kappa shape index (κ3) is 4.10. The number of nitrogens with one attached hydrogen (secondary N) is 1. The van der Waals surface area contributed by atoms with E-state index in [1.54, 1.807) is 16.8 Å². The first-order chi connectivity index (χ1) is 14.5. The summed E-state index contributed by atoms with van der Waals surface area (Å²) in [6.45, 7) is 0. The molecule has 1 aromatic heterocycles. The molecule has 2 amide bonds. The Morgan fingerprint density at radius 2 is 1.77 bits per heavy atom. The largest absolute Gasteiger partial charge is 0.370 e. The number of benzene rings is 2. The Balaban J connectivity index is 1.68. The van der Waals surface area contributed by atoms with E-state index in [0.717, 1.165) is 42.5 Å². The first kappa shape index (κ1) is 19.8. The van der Waals surface area contributed by atoms with Crippen LogP contribution in [0.2, 0.25) is 0 Å². The normalized spacial score (nSPS) is 14.0. The quantitative estimate of drug-likeness (QED) is 0.659. The average Bonchev–Trinajstić information content (AvgIpc) is 3.14. The molecule has 6 nitrogen and oxygen atoms in total. The predicted octanol–water partition coefficient (Wildman–Crippen LogP) is 3.24. The van der Waals surface area contributed by atoms with Gasteiger partial charge in [-0.25, -0.2) is 9.07 Å². The lowest BCUT2D eigenvalue weighted by molar-refractivity contribution is -0.118. The highest BCUT2D eigenvalue weighted by Crippen LogP contribution is 2.28. The van der Waals surface area contributed by atoms with Gasteiger partial charge in [0.05, 0.1) is 18.2 Å².